The topological polar surface area (TPSA) is 77.2 Å². The Kier molecular flexibility index (Phi) is 5.20. The number of nitrogens with one attached hydrogen (secondary N) is 1. The smallest absolute Gasteiger partial charge is 0.248 e. The van der Waals surface area contributed by atoms with Crippen LogP contribution in [0.1, 0.15) is 10.4 Å². The van der Waals surface area contributed by atoms with Crippen LogP contribution in [-0.2, 0) is 0 Å². The highest BCUT2D eigenvalue weighted by Crippen LogP contribution is 2.32. The Morgan fingerprint density at radius 2 is 2.04 bits per heavy atom. The summed E-state index contributed by atoms with van der Waals surface area (Å²) in [5.41, 5.74) is 7.21. The molecule has 0 aliphatic rings. The van der Waals surface area contributed by atoms with Gasteiger partial charge in [-0.1, -0.05) is 0 Å². The van der Waals surface area contributed by atoms with Crippen molar-refractivity contribution in [1.82, 2.24) is 4.98 Å². The van der Waals surface area contributed by atoms with E-state index in [-0.39, 0.29) is 5.82 Å². The number of carbonyl (C=O) groups is 1. The molecule has 1 heterocycles. The molecule has 2 aromatic carbocycles. The average Bonchev–Trinajstić information content (AvgIpc) is 3.09. The Labute approximate surface area is 152 Å². The summed E-state index contributed by atoms with van der Waals surface area (Å²) in [7, 11) is 1.52. The third-order valence-corrected chi connectivity index (χ3v) is 5.11. The molecule has 0 aliphatic carbocycles. The maximum atomic E-state index is 13.0. The first kappa shape index (κ1) is 17.2. The molecular formula is C17H14FN3O2S2. The molecule has 3 aromatic rings. The molecule has 5 nitrogen and oxygen atoms in total. The van der Waals surface area contributed by atoms with Crippen molar-refractivity contribution < 1.29 is 13.9 Å². The molecule has 0 fully saturated rings. The summed E-state index contributed by atoms with van der Waals surface area (Å²) in [5, 5.41) is 3.48. The number of anilines is 1. The highest BCUT2D eigenvalue weighted by Gasteiger charge is 2.10. The fourth-order valence-electron chi connectivity index (χ4n) is 2.07. The monoisotopic (exact) mass is 375 g/mol. The number of halogens is 1. The standard InChI is InChI=1S/C17H14FN3O2S2/c1-23-14-8-11(16(19)22)4-7-13(14)21-25-15-9-24-17(20-15)10-2-5-12(18)6-3-10/h2-9,21H,1H3,(H2,19,22). The Balaban J connectivity index is 1.72. The van der Waals surface area contributed by atoms with Crippen LogP contribution in [0.25, 0.3) is 10.6 Å². The minimum absolute atomic E-state index is 0.275. The number of ether oxygens (including phenoxy) is 1. The number of methoxy groups -OCH3 is 1. The van der Waals surface area contributed by atoms with Crippen LogP contribution in [0.15, 0.2) is 52.9 Å². The molecule has 25 heavy (non-hydrogen) atoms. The van der Waals surface area contributed by atoms with Crippen LogP contribution in [-0.4, -0.2) is 18.0 Å². The first-order valence-electron chi connectivity index (χ1n) is 7.19. The number of hydrogen-bond donors (Lipinski definition) is 2. The molecule has 0 atom stereocenters. The van der Waals surface area contributed by atoms with E-state index in [9.17, 15) is 9.18 Å². The summed E-state index contributed by atoms with van der Waals surface area (Å²) < 4.78 is 21.4. The molecule has 0 radical (unpaired) electrons. The van der Waals surface area contributed by atoms with Crippen molar-refractivity contribution >= 4 is 34.9 Å². The highest BCUT2D eigenvalue weighted by molar-refractivity contribution is 8.00. The summed E-state index contributed by atoms with van der Waals surface area (Å²) >= 11 is 2.79. The zero-order valence-corrected chi connectivity index (χ0v) is 14.8. The van der Waals surface area contributed by atoms with Crippen molar-refractivity contribution in [3.8, 4) is 16.3 Å². The molecule has 3 rings (SSSR count). The van der Waals surface area contributed by atoms with Gasteiger partial charge in [0, 0.05) is 28.5 Å². The first-order valence-corrected chi connectivity index (χ1v) is 8.88. The second-order valence-corrected chi connectivity index (χ2v) is 6.67. The SMILES string of the molecule is COc1cc(C(N)=O)ccc1NSc1csc(-c2ccc(F)cc2)n1. The van der Waals surface area contributed by atoms with Gasteiger partial charge in [-0.25, -0.2) is 9.37 Å². The van der Waals surface area contributed by atoms with E-state index in [4.69, 9.17) is 10.5 Å². The normalized spacial score (nSPS) is 10.5. The fourth-order valence-corrected chi connectivity index (χ4v) is 3.67. The summed E-state index contributed by atoms with van der Waals surface area (Å²) in [4.78, 5) is 15.7. The largest absolute Gasteiger partial charge is 0.495 e. The second-order valence-electron chi connectivity index (χ2n) is 4.98. The molecule has 128 valence electrons. The number of benzene rings is 2. The first-order chi connectivity index (χ1) is 12.1. The number of nitrogens with zero attached hydrogens (tertiary/aromatic N) is 1. The number of nitrogens with two attached hydrogens (primary N) is 1. The predicted octanol–water partition coefficient (Wildman–Crippen LogP) is 4.18. The molecule has 0 spiro atoms. The summed E-state index contributed by atoms with van der Waals surface area (Å²) in [6.45, 7) is 0. The molecule has 8 heteroatoms. The zero-order valence-electron chi connectivity index (χ0n) is 13.2. The van der Waals surface area contributed by atoms with E-state index in [2.05, 4.69) is 9.71 Å². The molecule has 0 saturated carbocycles. The molecule has 0 aliphatic heterocycles. The molecule has 1 amide bonds. The highest BCUT2D eigenvalue weighted by atomic mass is 32.2. The van der Waals surface area contributed by atoms with E-state index in [0.717, 1.165) is 15.6 Å². The van der Waals surface area contributed by atoms with Crippen LogP contribution in [0.5, 0.6) is 5.75 Å². The summed E-state index contributed by atoms with van der Waals surface area (Å²) in [6.07, 6.45) is 0. The number of carbonyl (C=O) groups excluding carboxylic acids is 1. The summed E-state index contributed by atoms with van der Waals surface area (Å²) in [5.74, 6) is -0.276. The molecule has 1 aromatic heterocycles. The van der Waals surface area contributed by atoms with Gasteiger partial charge >= 0.3 is 0 Å². The van der Waals surface area contributed by atoms with Crippen LogP contribution in [0.2, 0.25) is 0 Å². The van der Waals surface area contributed by atoms with E-state index in [1.54, 1.807) is 30.3 Å². The minimum Gasteiger partial charge on any atom is -0.495 e. The third kappa shape index (κ3) is 4.09. The fraction of sp³-hybridized carbons (Fsp3) is 0.0588. The van der Waals surface area contributed by atoms with Gasteiger partial charge in [-0.2, -0.15) is 0 Å². The lowest BCUT2D eigenvalue weighted by atomic mass is 10.2. The van der Waals surface area contributed by atoms with Crippen molar-refractivity contribution in [3.05, 3.63) is 59.2 Å². The molecular weight excluding hydrogens is 361 g/mol. The number of primary amides is 1. The predicted molar refractivity (Wildman–Crippen MR) is 98.5 cm³/mol. The summed E-state index contributed by atoms with van der Waals surface area (Å²) in [6, 6.07) is 11.1. The van der Waals surface area contributed by atoms with Gasteiger partial charge < -0.3 is 15.2 Å². The molecule has 3 N–H and O–H groups in total. The van der Waals surface area contributed by atoms with Crippen molar-refractivity contribution in [2.45, 2.75) is 5.03 Å². The van der Waals surface area contributed by atoms with E-state index < -0.39 is 5.91 Å². The lowest BCUT2D eigenvalue weighted by Crippen LogP contribution is -2.11. The Bertz CT molecular complexity index is 897. The van der Waals surface area contributed by atoms with Crippen molar-refractivity contribution in [3.63, 3.8) is 0 Å². The van der Waals surface area contributed by atoms with Gasteiger partial charge in [0.2, 0.25) is 5.91 Å². The van der Waals surface area contributed by atoms with Crippen molar-refractivity contribution in [2.75, 3.05) is 11.8 Å². The Morgan fingerprint density at radius 1 is 1.28 bits per heavy atom. The molecule has 0 unspecified atom stereocenters. The van der Waals surface area contributed by atoms with Crippen LogP contribution in [0, 0.1) is 5.82 Å². The number of aromatic nitrogens is 1. The maximum Gasteiger partial charge on any atom is 0.248 e. The maximum absolute atomic E-state index is 13.0. The molecule has 0 saturated heterocycles. The van der Waals surface area contributed by atoms with Gasteiger partial charge in [-0.15, -0.1) is 11.3 Å². The van der Waals surface area contributed by atoms with Gasteiger partial charge in [0.25, 0.3) is 0 Å². The van der Waals surface area contributed by atoms with Crippen LogP contribution < -0.4 is 15.2 Å². The number of amides is 1. The van der Waals surface area contributed by atoms with Crippen molar-refractivity contribution in [1.29, 1.82) is 0 Å². The average molecular weight is 375 g/mol. The van der Waals surface area contributed by atoms with Gasteiger partial charge in [0.05, 0.1) is 12.8 Å². The van der Waals surface area contributed by atoms with E-state index >= 15 is 0 Å². The van der Waals surface area contributed by atoms with Gasteiger partial charge in [-0.3, -0.25) is 4.79 Å². The Morgan fingerprint density at radius 3 is 2.72 bits per heavy atom. The zero-order chi connectivity index (χ0) is 17.8. The van der Waals surface area contributed by atoms with E-state index in [0.29, 0.717) is 17.0 Å². The number of rotatable bonds is 6. The Hall–Kier alpha value is -2.58. The van der Waals surface area contributed by atoms with Crippen molar-refractivity contribution in [2.24, 2.45) is 5.73 Å². The third-order valence-electron chi connectivity index (χ3n) is 3.33. The number of hydrogen-bond acceptors (Lipinski definition) is 6. The van der Waals surface area contributed by atoms with Crippen LogP contribution in [0.3, 0.4) is 0 Å². The molecule has 0 bridgehead atoms. The van der Waals surface area contributed by atoms with Gasteiger partial charge in [0.15, 0.2) is 0 Å². The lowest BCUT2D eigenvalue weighted by molar-refractivity contribution is 0.1000. The van der Waals surface area contributed by atoms with Crippen LogP contribution in [0.4, 0.5) is 10.1 Å². The second kappa shape index (κ2) is 7.54. The van der Waals surface area contributed by atoms with Crippen LogP contribution >= 0.6 is 23.3 Å². The van der Waals surface area contributed by atoms with E-state index in [1.165, 1.54) is 42.5 Å². The number of thiazole rings is 1. The van der Waals surface area contributed by atoms with Gasteiger partial charge in [-0.05, 0) is 42.5 Å². The minimum atomic E-state index is -0.513. The van der Waals surface area contributed by atoms with Gasteiger partial charge in [0.1, 0.15) is 21.6 Å². The lowest BCUT2D eigenvalue weighted by Gasteiger charge is -2.10. The van der Waals surface area contributed by atoms with E-state index in [1.807, 2.05) is 5.38 Å². The quantitative estimate of drug-likeness (QED) is 0.632.